The van der Waals surface area contributed by atoms with Crippen molar-refractivity contribution < 1.29 is 14.3 Å². The lowest BCUT2D eigenvalue weighted by atomic mass is 10.1. The molecule has 0 fully saturated rings. The van der Waals surface area contributed by atoms with Crippen molar-refractivity contribution in [2.24, 2.45) is 0 Å². The SMILES string of the molecule is O=C(Cc1ccc2[nH]c(=O)[nH]c2c1)NCc1ccc2c(c1)OCO2. The largest absolute Gasteiger partial charge is 0.454 e. The van der Waals surface area contributed by atoms with Crippen molar-refractivity contribution in [3.63, 3.8) is 0 Å². The number of carbonyl (C=O) groups is 1. The first kappa shape index (κ1) is 14.4. The van der Waals surface area contributed by atoms with Gasteiger partial charge in [-0.3, -0.25) is 4.79 Å². The van der Waals surface area contributed by atoms with Gasteiger partial charge in [0.2, 0.25) is 12.7 Å². The molecule has 7 heteroatoms. The third kappa shape index (κ3) is 2.83. The summed E-state index contributed by atoms with van der Waals surface area (Å²) in [5.41, 5.74) is 2.94. The molecular formula is C17H15N3O4. The normalized spacial score (nSPS) is 12.5. The predicted molar refractivity (Wildman–Crippen MR) is 87.0 cm³/mol. The maximum atomic E-state index is 12.1. The molecule has 2 heterocycles. The summed E-state index contributed by atoms with van der Waals surface area (Å²) >= 11 is 0. The maximum Gasteiger partial charge on any atom is 0.323 e. The molecule has 1 aliphatic rings. The Hall–Kier alpha value is -3.22. The summed E-state index contributed by atoms with van der Waals surface area (Å²) < 4.78 is 10.6. The Labute approximate surface area is 136 Å². The monoisotopic (exact) mass is 325 g/mol. The van der Waals surface area contributed by atoms with Crippen molar-refractivity contribution in [3.8, 4) is 11.5 Å². The molecule has 24 heavy (non-hydrogen) atoms. The Morgan fingerprint density at radius 2 is 1.79 bits per heavy atom. The summed E-state index contributed by atoms with van der Waals surface area (Å²) in [5.74, 6) is 1.33. The van der Waals surface area contributed by atoms with Crippen LogP contribution >= 0.6 is 0 Å². The zero-order chi connectivity index (χ0) is 16.5. The van der Waals surface area contributed by atoms with E-state index in [1.54, 1.807) is 12.1 Å². The van der Waals surface area contributed by atoms with Crippen molar-refractivity contribution in [2.75, 3.05) is 6.79 Å². The second kappa shape index (κ2) is 5.77. The van der Waals surface area contributed by atoms with Crippen LogP contribution in [-0.4, -0.2) is 22.7 Å². The number of ether oxygens (including phenoxy) is 2. The molecule has 0 unspecified atom stereocenters. The van der Waals surface area contributed by atoms with Crippen LogP contribution in [0.5, 0.6) is 11.5 Å². The summed E-state index contributed by atoms with van der Waals surface area (Å²) in [6, 6.07) is 11.0. The van der Waals surface area contributed by atoms with Crippen molar-refractivity contribution in [1.29, 1.82) is 0 Å². The molecule has 0 aliphatic carbocycles. The van der Waals surface area contributed by atoms with Gasteiger partial charge < -0.3 is 24.8 Å². The molecule has 0 saturated heterocycles. The number of amides is 1. The lowest BCUT2D eigenvalue weighted by Crippen LogP contribution is -2.24. The number of fused-ring (bicyclic) bond motifs is 2. The predicted octanol–water partition coefficient (Wildman–Crippen LogP) is 1.44. The summed E-state index contributed by atoms with van der Waals surface area (Å²) in [5, 5.41) is 2.88. The van der Waals surface area contributed by atoms with Crippen LogP contribution in [0.2, 0.25) is 0 Å². The average molecular weight is 325 g/mol. The summed E-state index contributed by atoms with van der Waals surface area (Å²) in [7, 11) is 0. The van der Waals surface area contributed by atoms with Gasteiger partial charge in [-0.1, -0.05) is 12.1 Å². The zero-order valence-electron chi connectivity index (χ0n) is 12.7. The van der Waals surface area contributed by atoms with E-state index in [4.69, 9.17) is 9.47 Å². The van der Waals surface area contributed by atoms with Gasteiger partial charge in [0.25, 0.3) is 0 Å². The molecule has 0 saturated carbocycles. The number of aromatic nitrogens is 2. The fraction of sp³-hybridized carbons (Fsp3) is 0.176. The van der Waals surface area contributed by atoms with Crippen molar-refractivity contribution in [1.82, 2.24) is 15.3 Å². The van der Waals surface area contributed by atoms with Crippen LogP contribution in [0, 0.1) is 0 Å². The van der Waals surface area contributed by atoms with Gasteiger partial charge in [0, 0.05) is 6.54 Å². The molecule has 7 nitrogen and oxygen atoms in total. The number of hydrogen-bond acceptors (Lipinski definition) is 4. The topological polar surface area (TPSA) is 96.2 Å². The highest BCUT2D eigenvalue weighted by atomic mass is 16.7. The minimum atomic E-state index is -0.255. The van der Waals surface area contributed by atoms with Crippen LogP contribution in [0.15, 0.2) is 41.2 Å². The fourth-order valence-corrected chi connectivity index (χ4v) is 2.69. The molecule has 3 N–H and O–H groups in total. The molecule has 1 amide bonds. The van der Waals surface area contributed by atoms with Crippen LogP contribution in [0.1, 0.15) is 11.1 Å². The highest BCUT2D eigenvalue weighted by Gasteiger charge is 2.13. The molecule has 2 aromatic carbocycles. The average Bonchev–Trinajstić information content (AvgIpc) is 3.17. The highest BCUT2D eigenvalue weighted by Crippen LogP contribution is 2.32. The molecule has 1 aliphatic heterocycles. The third-order valence-electron chi connectivity index (χ3n) is 3.87. The number of benzene rings is 2. The van der Waals surface area contributed by atoms with Crippen molar-refractivity contribution >= 4 is 16.9 Å². The number of H-pyrrole nitrogens is 2. The van der Waals surface area contributed by atoms with E-state index in [9.17, 15) is 9.59 Å². The molecule has 4 rings (SSSR count). The first-order chi connectivity index (χ1) is 11.7. The number of hydrogen-bond donors (Lipinski definition) is 3. The first-order valence-electron chi connectivity index (χ1n) is 7.53. The number of aromatic amines is 2. The lowest BCUT2D eigenvalue weighted by Gasteiger charge is -2.06. The molecule has 0 atom stereocenters. The molecule has 3 aromatic rings. The number of imidazole rings is 1. The Morgan fingerprint density at radius 1 is 1.00 bits per heavy atom. The standard InChI is InChI=1S/C17H15N3O4/c21-16(7-10-1-3-12-13(5-10)20-17(22)19-12)18-8-11-2-4-14-15(6-11)24-9-23-14/h1-6H,7-9H2,(H,18,21)(H2,19,20,22). The van der Waals surface area contributed by atoms with E-state index in [0.717, 1.165) is 22.4 Å². The Bertz CT molecular complexity index is 973. The molecule has 1 aromatic heterocycles. The van der Waals surface area contributed by atoms with E-state index in [1.807, 2.05) is 24.3 Å². The van der Waals surface area contributed by atoms with E-state index in [1.165, 1.54) is 0 Å². The number of carbonyl (C=O) groups excluding carboxylic acids is 1. The summed E-state index contributed by atoms with van der Waals surface area (Å²) in [6.07, 6.45) is 0.244. The van der Waals surface area contributed by atoms with Gasteiger partial charge in [-0.2, -0.15) is 0 Å². The number of rotatable bonds is 4. The first-order valence-corrected chi connectivity index (χ1v) is 7.53. The van der Waals surface area contributed by atoms with Crippen LogP contribution in [-0.2, 0) is 17.8 Å². The van der Waals surface area contributed by atoms with E-state index < -0.39 is 0 Å². The van der Waals surface area contributed by atoms with E-state index >= 15 is 0 Å². The van der Waals surface area contributed by atoms with Gasteiger partial charge >= 0.3 is 5.69 Å². The molecule has 0 radical (unpaired) electrons. The summed E-state index contributed by atoms with van der Waals surface area (Å²) in [4.78, 5) is 28.7. The highest BCUT2D eigenvalue weighted by molar-refractivity contribution is 5.81. The lowest BCUT2D eigenvalue weighted by molar-refractivity contribution is -0.120. The fourth-order valence-electron chi connectivity index (χ4n) is 2.69. The van der Waals surface area contributed by atoms with Gasteiger partial charge in [0.15, 0.2) is 11.5 Å². The summed E-state index contributed by atoms with van der Waals surface area (Å²) in [6.45, 7) is 0.646. The minimum Gasteiger partial charge on any atom is -0.454 e. The van der Waals surface area contributed by atoms with Gasteiger partial charge in [0.1, 0.15) is 0 Å². The van der Waals surface area contributed by atoms with Crippen LogP contribution in [0.3, 0.4) is 0 Å². The molecule has 0 bridgehead atoms. The maximum absolute atomic E-state index is 12.1. The van der Waals surface area contributed by atoms with Crippen LogP contribution in [0.4, 0.5) is 0 Å². The van der Waals surface area contributed by atoms with Crippen LogP contribution in [0.25, 0.3) is 11.0 Å². The van der Waals surface area contributed by atoms with E-state index in [2.05, 4.69) is 15.3 Å². The third-order valence-corrected chi connectivity index (χ3v) is 3.87. The Kier molecular flexibility index (Phi) is 3.45. The second-order valence-corrected chi connectivity index (χ2v) is 5.60. The van der Waals surface area contributed by atoms with E-state index in [-0.39, 0.29) is 24.8 Å². The minimum absolute atomic E-state index is 0.0927. The molecule has 122 valence electrons. The van der Waals surface area contributed by atoms with Gasteiger partial charge in [-0.05, 0) is 35.4 Å². The Morgan fingerprint density at radius 3 is 2.71 bits per heavy atom. The van der Waals surface area contributed by atoms with Gasteiger partial charge in [0.05, 0.1) is 17.5 Å². The smallest absolute Gasteiger partial charge is 0.323 e. The number of nitrogens with one attached hydrogen (secondary N) is 3. The van der Waals surface area contributed by atoms with E-state index in [0.29, 0.717) is 17.8 Å². The zero-order valence-corrected chi connectivity index (χ0v) is 12.7. The quantitative estimate of drug-likeness (QED) is 0.676. The molecule has 0 spiro atoms. The Balaban J connectivity index is 1.39. The van der Waals surface area contributed by atoms with Gasteiger partial charge in [-0.25, -0.2) is 4.79 Å². The van der Waals surface area contributed by atoms with Crippen LogP contribution < -0.4 is 20.5 Å². The molecular weight excluding hydrogens is 310 g/mol. The second-order valence-electron chi connectivity index (χ2n) is 5.60. The van der Waals surface area contributed by atoms with Crippen molar-refractivity contribution in [3.05, 3.63) is 58.0 Å². The van der Waals surface area contributed by atoms with Gasteiger partial charge in [-0.15, -0.1) is 0 Å². The van der Waals surface area contributed by atoms with Crippen molar-refractivity contribution in [2.45, 2.75) is 13.0 Å².